The first kappa shape index (κ1) is 37.7. The smallest absolute Gasteiger partial charge is 0.276 e. The van der Waals surface area contributed by atoms with Crippen LogP contribution in [0.15, 0.2) is 45.5 Å². The number of rotatable bonds is 9. The molecule has 2 aliphatic rings. The average Bonchev–Trinajstić information content (AvgIpc) is 3.49. The Bertz CT molecular complexity index is 2080. The number of hydrogen-bond donors (Lipinski definition) is 1. The summed E-state index contributed by atoms with van der Waals surface area (Å²) in [6, 6.07) is 4.65. The summed E-state index contributed by atoms with van der Waals surface area (Å²) in [7, 11) is 0. The van der Waals surface area contributed by atoms with Gasteiger partial charge in [-0.15, -0.1) is 0 Å². The molecule has 50 heavy (non-hydrogen) atoms. The van der Waals surface area contributed by atoms with Gasteiger partial charge in [-0.25, -0.2) is 18.1 Å². The highest BCUT2D eigenvalue weighted by molar-refractivity contribution is 6.34. The van der Waals surface area contributed by atoms with Crippen LogP contribution in [0.2, 0.25) is 20.4 Å². The lowest BCUT2D eigenvalue weighted by atomic mass is 10.1. The number of ketones is 1. The van der Waals surface area contributed by atoms with Crippen LogP contribution in [0.3, 0.4) is 0 Å². The minimum absolute atomic E-state index is 0.0312. The van der Waals surface area contributed by atoms with E-state index in [1.165, 1.54) is 17.7 Å². The first-order chi connectivity index (χ1) is 23.8. The number of unbranched alkanes of at least 4 members (excludes halogenated alkanes) is 1. The maximum Gasteiger partial charge on any atom is 0.276 e. The van der Waals surface area contributed by atoms with Crippen molar-refractivity contribution in [3.05, 3.63) is 88.6 Å². The number of phenolic OH excluding ortho intramolecular Hbond substituents is 1. The fraction of sp³-hybridized carbons (Fsp3) is 0.400. The maximum absolute atomic E-state index is 14.8. The Morgan fingerprint density at radius 2 is 1.28 bits per heavy atom. The van der Waals surface area contributed by atoms with Gasteiger partial charge >= 0.3 is 0 Å². The van der Waals surface area contributed by atoms with E-state index in [2.05, 4.69) is 6.92 Å². The third kappa shape index (κ3) is 7.86. The van der Waals surface area contributed by atoms with Crippen molar-refractivity contribution < 1.29 is 23.4 Å². The van der Waals surface area contributed by atoms with Crippen LogP contribution in [-0.4, -0.2) is 36.2 Å². The number of ether oxygens (including phenoxy) is 1. The lowest BCUT2D eigenvalue weighted by molar-refractivity contribution is -0.112. The Hall–Kier alpha value is -3.51. The predicted molar refractivity (Wildman–Crippen MR) is 192 cm³/mol. The lowest BCUT2D eigenvalue weighted by Crippen LogP contribution is -2.27. The van der Waals surface area contributed by atoms with Crippen molar-refractivity contribution in [2.24, 2.45) is 0 Å². The van der Waals surface area contributed by atoms with Crippen LogP contribution >= 0.6 is 46.4 Å². The van der Waals surface area contributed by atoms with Crippen LogP contribution in [0.5, 0.6) is 11.5 Å². The molecule has 0 spiro atoms. The normalized spacial score (nSPS) is 14.1. The van der Waals surface area contributed by atoms with Crippen molar-refractivity contribution in [1.82, 2.24) is 18.7 Å². The second-order valence-corrected chi connectivity index (χ2v) is 13.7. The maximum atomic E-state index is 14.8. The van der Waals surface area contributed by atoms with Crippen LogP contribution in [0.25, 0.3) is 22.3 Å². The molecular formula is C35H36Cl4F2N4O5. The average molecular weight is 773 g/mol. The summed E-state index contributed by atoms with van der Waals surface area (Å²) >= 11 is 24.5. The molecule has 0 amide bonds. The van der Waals surface area contributed by atoms with E-state index in [1.807, 2.05) is 0 Å². The number of allylic oxidation sites excluding steroid dienone is 1. The molecule has 0 saturated heterocycles. The molecule has 2 aromatic heterocycles. The molecule has 4 heterocycles. The summed E-state index contributed by atoms with van der Waals surface area (Å²) in [5.74, 6) is -1.43. The fourth-order valence-electron chi connectivity index (χ4n) is 6.11. The van der Waals surface area contributed by atoms with Gasteiger partial charge in [-0.05, 0) is 81.4 Å². The van der Waals surface area contributed by atoms with Gasteiger partial charge in [0.1, 0.15) is 40.0 Å². The number of halogens is 6. The van der Waals surface area contributed by atoms with Crippen LogP contribution in [-0.2, 0) is 31.0 Å². The number of carbonyl (C=O) groups is 1. The summed E-state index contributed by atoms with van der Waals surface area (Å²) < 4.78 is 41.0. The summed E-state index contributed by atoms with van der Waals surface area (Å²) in [5, 5.41) is 10.0. The summed E-state index contributed by atoms with van der Waals surface area (Å²) in [6.07, 6.45) is 7.77. The molecule has 0 fully saturated rings. The zero-order chi connectivity index (χ0) is 36.3. The van der Waals surface area contributed by atoms with Gasteiger partial charge in [0.15, 0.2) is 5.78 Å². The first-order valence-electron chi connectivity index (χ1n) is 16.3. The van der Waals surface area contributed by atoms with Crippen LogP contribution in [0.4, 0.5) is 8.78 Å². The Morgan fingerprint density at radius 1 is 0.800 bits per heavy atom. The topological polar surface area (TPSA) is 100 Å². The molecule has 9 nitrogen and oxygen atoms in total. The van der Waals surface area contributed by atoms with Gasteiger partial charge in [0.25, 0.3) is 11.1 Å². The van der Waals surface area contributed by atoms with E-state index >= 15 is 0 Å². The second-order valence-electron chi connectivity index (χ2n) is 12.2. The van der Waals surface area contributed by atoms with Crippen LogP contribution < -0.4 is 15.9 Å². The molecule has 0 atom stereocenters. The van der Waals surface area contributed by atoms with Crippen molar-refractivity contribution >= 4 is 52.2 Å². The molecule has 0 radical (unpaired) electrons. The molecule has 4 aromatic rings. The Morgan fingerprint density at radius 3 is 1.76 bits per heavy atom. The molecular weight excluding hydrogens is 736 g/mol. The van der Waals surface area contributed by atoms with E-state index in [0.29, 0.717) is 26.2 Å². The SMILES string of the molecule is CCCC/C(=C/C(C)=O)COc1cc(-c2c(Cl)n3n(c2=O)CCCC3)c(F)cc1Cl.O=c1c(-c2cc(O)c(Cl)cc2F)c(Cl)n2n1CCCC2. The number of hydrogen-bond acceptors (Lipinski definition) is 5. The number of carbonyl (C=O) groups excluding carboxylic acids is 1. The van der Waals surface area contributed by atoms with E-state index in [-0.39, 0.29) is 77.6 Å². The van der Waals surface area contributed by atoms with Crippen LogP contribution in [0, 0.1) is 11.6 Å². The number of aromatic nitrogens is 4. The van der Waals surface area contributed by atoms with Crippen molar-refractivity contribution in [2.75, 3.05) is 6.61 Å². The quantitative estimate of drug-likeness (QED) is 0.171. The molecule has 2 aliphatic heterocycles. The summed E-state index contributed by atoms with van der Waals surface area (Å²) in [5.41, 5.74) is 0.368. The van der Waals surface area contributed by atoms with E-state index < -0.39 is 11.6 Å². The molecule has 268 valence electrons. The molecule has 0 bridgehead atoms. The number of phenols is 1. The van der Waals surface area contributed by atoms with E-state index in [1.54, 1.807) is 20.1 Å². The minimum Gasteiger partial charge on any atom is -0.506 e. The van der Waals surface area contributed by atoms with Crippen molar-refractivity contribution in [3.63, 3.8) is 0 Å². The van der Waals surface area contributed by atoms with Gasteiger partial charge < -0.3 is 9.84 Å². The largest absolute Gasteiger partial charge is 0.506 e. The molecule has 15 heteroatoms. The molecule has 2 aromatic carbocycles. The molecule has 6 rings (SSSR count). The summed E-state index contributed by atoms with van der Waals surface area (Å²) in [4.78, 5) is 36.7. The number of benzene rings is 2. The van der Waals surface area contributed by atoms with Gasteiger partial charge in [0.2, 0.25) is 0 Å². The predicted octanol–water partition coefficient (Wildman–Crippen LogP) is 8.90. The minimum atomic E-state index is -0.685. The number of aromatic hydroxyl groups is 1. The zero-order valence-corrected chi connectivity index (χ0v) is 30.5. The van der Waals surface area contributed by atoms with E-state index in [0.717, 1.165) is 68.7 Å². The van der Waals surface area contributed by atoms with Crippen molar-refractivity contribution in [2.45, 2.75) is 85.0 Å². The first-order valence-corrected chi connectivity index (χ1v) is 17.8. The van der Waals surface area contributed by atoms with Crippen molar-refractivity contribution in [3.8, 4) is 33.8 Å². The monoisotopic (exact) mass is 770 g/mol. The number of nitrogens with zero attached hydrogens (tertiary/aromatic N) is 4. The highest BCUT2D eigenvalue weighted by Gasteiger charge is 2.26. The molecule has 0 saturated carbocycles. The standard InChI is InChI=1S/C22H25Cl2FN2O3.C13H11Cl2FN2O2/c1-3-4-7-15(10-14(2)28)13-30-19-11-16(18(25)12-17(19)23)20-21(24)26-8-5-6-9-27(26)22(20)29;14-8-6-9(16)7(5-10(8)19)11-12(15)17-3-1-2-4-18(17)13(11)20/h10-12H,3-9,13H2,1-2H3;5-6,19H,1-4H2/b15-10-;. The van der Waals surface area contributed by atoms with Gasteiger partial charge in [-0.2, -0.15) is 0 Å². The van der Waals surface area contributed by atoms with Crippen LogP contribution in [0.1, 0.15) is 58.8 Å². The molecule has 1 N–H and O–H groups in total. The second kappa shape index (κ2) is 16.2. The Balaban J connectivity index is 0.000000210. The van der Waals surface area contributed by atoms with Gasteiger partial charge in [0.05, 0.1) is 21.2 Å². The lowest BCUT2D eigenvalue weighted by Gasteiger charge is -2.17. The van der Waals surface area contributed by atoms with Gasteiger partial charge in [-0.1, -0.05) is 59.7 Å². The van der Waals surface area contributed by atoms with E-state index in [9.17, 15) is 28.3 Å². The molecule has 0 aliphatic carbocycles. The third-order valence-corrected chi connectivity index (χ3v) is 9.96. The van der Waals surface area contributed by atoms with Gasteiger partial charge in [0, 0.05) is 37.3 Å². The summed E-state index contributed by atoms with van der Waals surface area (Å²) in [6.45, 7) is 6.05. The van der Waals surface area contributed by atoms with Crippen molar-refractivity contribution in [1.29, 1.82) is 0 Å². The molecule has 0 unspecified atom stereocenters. The van der Waals surface area contributed by atoms with Gasteiger partial charge in [-0.3, -0.25) is 23.7 Å². The zero-order valence-electron chi connectivity index (χ0n) is 27.5. The highest BCUT2D eigenvalue weighted by atomic mass is 35.5. The van der Waals surface area contributed by atoms with E-state index in [4.69, 9.17) is 51.1 Å². The highest BCUT2D eigenvalue weighted by Crippen LogP contribution is 2.37. The Labute approximate surface area is 307 Å². The third-order valence-electron chi connectivity index (χ3n) is 8.59. The number of fused-ring (bicyclic) bond motifs is 2. The Kier molecular flexibility index (Phi) is 12.2. The fourth-order valence-corrected chi connectivity index (χ4v) is 7.19.